The average molecular weight is 745 g/mol. The number of hydrogen-bond donors (Lipinski definition) is 1. The number of rotatable bonds is 0. The summed E-state index contributed by atoms with van der Waals surface area (Å²) in [5, 5.41) is 10.3. The molecule has 5 rings (SSSR count). The number of aliphatic hydroxyl groups excluding tert-OH is 1. The zero-order valence-corrected chi connectivity index (χ0v) is 33.2. The number of nitrogens with zero attached hydrogens (tertiary/aromatic N) is 2. The predicted molar refractivity (Wildman–Crippen MR) is 225 cm³/mol. The fourth-order valence-corrected chi connectivity index (χ4v) is 7.41. The maximum atomic E-state index is 12.4. The average Bonchev–Trinajstić information content (AvgIpc) is 3.20. The lowest BCUT2D eigenvalue weighted by atomic mass is 10.0. The molecule has 0 saturated carbocycles. The van der Waals surface area contributed by atoms with Gasteiger partial charge in [0.15, 0.2) is 5.78 Å². The van der Waals surface area contributed by atoms with Gasteiger partial charge >= 0.3 is 0 Å². The van der Waals surface area contributed by atoms with E-state index in [0.29, 0.717) is 39.3 Å². The number of pyridine rings is 2. The monoisotopic (exact) mass is 744 g/mol. The van der Waals surface area contributed by atoms with Crippen LogP contribution in [-0.4, -0.2) is 47.3 Å². The van der Waals surface area contributed by atoms with Gasteiger partial charge < -0.3 is 14.6 Å². The van der Waals surface area contributed by atoms with Crippen LogP contribution in [0, 0.1) is 0 Å². The predicted octanol–water partition coefficient (Wildman–Crippen LogP) is 12.0. The summed E-state index contributed by atoms with van der Waals surface area (Å²) in [6, 6.07) is 26.1. The molecule has 294 valence electrons. The summed E-state index contributed by atoms with van der Waals surface area (Å²) < 4.78 is 11.9. The molecule has 0 unspecified atom stereocenters. The van der Waals surface area contributed by atoms with Crippen LogP contribution in [0.4, 0.5) is 0 Å². The molecule has 1 aliphatic rings. The molecular formula is C49H64N2O4. The summed E-state index contributed by atoms with van der Waals surface area (Å²) in [5.74, 6) is 0.318. The molecule has 4 aromatic rings. The Bertz CT molecular complexity index is 1730. The van der Waals surface area contributed by atoms with Crippen molar-refractivity contribution in [2.24, 2.45) is 0 Å². The van der Waals surface area contributed by atoms with E-state index in [1.165, 1.54) is 86.1 Å². The van der Waals surface area contributed by atoms with Gasteiger partial charge in [-0.2, -0.15) is 0 Å². The van der Waals surface area contributed by atoms with Gasteiger partial charge in [-0.05, 0) is 110 Å². The lowest BCUT2D eigenvalue weighted by Crippen LogP contribution is -2.08. The number of aromatic nitrogens is 2. The van der Waals surface area contributed by atoms with E-state index in [4.69, 9.17) is 9.47 Å². The topological polar surface area (TPSA) is 81.5 Å². The van der Waals surface area contributed by atoms with Crippen molar-refractivity contribution in [3.8, 4) is 22.5 Å². The molecule has 2 aromatic carbocycles. The zero-order chi connectivity index (χ0) is 38.2. The van der Waals surface area contributed by atoms with E-state index >= 15 is 0 Å². The van der Waals surface area contributed by atoms with Crippen LogP contribution in [0.15, 0.2) is 97.0 Å². The minimum atomic E-state index is 0.0651. The van der Waals surface area contributed by atoms with Gasteiger partial charge in [-0.15, -0.1) is 0 Å². The standard InChI is InChI=1S/C49H64N2O4/c52-46-23-13-9-5-1-3-7-11-17-40-25-29-50-48(37-40)44-21-15-19-42(35-44)27-31-54-33-34-55-32-28-43-20-16-22-45(36-43)49-38-41(26-30-51-49)18-12-8-4-2-6-10-14-24-47(53)39-46/h15-16,19-22,25-26,29-30,35-39,52H,1-14,17-18,23-24,27-28,31-34H2. The number of hydrogen-bond acceptors (Lipinski definition) is 6. The Morgan fingerprint density at radius 2 is 0.855 bits per heavy atom. The van der Waals surface area contributed by atoms with E-state index in [9.17, 15) is 9.90 Å². The molecule has 0 spiro atoms. The van der Waals surface area contributed by atoms with Crippen molar-refractivity contribution in [1.29, 1.82) is 0 Å². The molecule has 1 aliphatic heterocycles. The number of carbonyl (C=O) groups is 1. The second kappa shape index (κ2) is 25.1. The van der Waals surface area contributed by atoms with Gasteiger partial charge in [0.1, 0.15) is 0 Å². The highest BCUT2D eigenvalue weighted by molar-refractivity contribution is 5.89. The molecule has 55 heavy (non-hydrogen) atoms. The van der Waals surface area contributed by atoms with Crippen LogP contribution < -0.4 is 0 Å². The van der Waals surface area contributed by atoms with Gasteiger partial charge in [0, 0.05) is 42.4 Å². The maximum absolute atomic E-state index is 12.4. The van der Waals surface area contributed by atoms with E-state index in [-0.39, 0.29) is 11.5 Å². The molecule has 1 N–H and O–H groups in total. The molecule has 3 heterocycles. The third-order valence-corrected chi connectivity index (χ3v) is 10.7. The molecule has 0 saturated heterocycles. The Morgan fingerprint density at radius 1 is 0.436 bits per heavy atom. The van der Waals surface area contributed by atoms with Crippen molar-refractivity contribution < 1.29 is 19.4 Å². The fraction of sp³-hybridized carbons (Fsp3) is 0.490. The number of aliphatic hydroxyl groups is 1. The smallest absolute Gasteiger partial charge is 0.159 e. The first-order valence-electron chi connectivity index (χ1n) is 21.3. The van der Waals surface area contributed by atoms with Crippen molar-refractivity contribution in [3.63, 3.8) is 0 Å². The van der Waals surface area contributed by atoms with Crippen molar-refractivity contribution in [2.45, 2.75) is 128 Å². The van der Waals surface area contributed by atoms with Crippen LogP contribution >= 0.6 is 0 Å². The molecule has 0 amide bonds. The van der Waals surface area contributed by atoms with Crippen LogP contribution in [0.25, 0.3) is 22.5 Å². The number of carbonyl (C=O) groups excluding carboxylic acids is 1. The van der Waals surface area contributed by atoms with E-state index in [1.807, 2.05) is 12.4 Å². The molecule has 0 aliphatic carbocycles. The normalized spacial score (nSPS) is 18.0. The lowest BCUT2D eigenvalue weighted by molar-refractivity contribution is -0.114. The van der Waals surface area contributed by atoms with Crippen molar-refractivity contribution in [1.82, 2.24) is 9.97 Å². The minimum Gasteiger partial charge on any atom is -0.512 e. The summed E-state index contributed by atoms with van der Waals surface area (Å²) in [7, 11) is 0. The molecular weight excluding hydrogens is 681 g/mol. The van der Waals surface area contributed by atoms with Gasteiger partial charge in [-0.3, -0.25) is 14.8 Å². The number of allylic oxidation sites excluding steroid dienone is 2. The van der Waals surface area contributed by atoms with E-state index in [1.54, 1.807) is 0 Å². The number of fused-ring (bicyclic) bond motifs is 10. The van der Waals surface area contributed by atoms with Crippen molar-refractivity contribution in [2.75, 3.05) is 26.4 Å². The Kier molecular flexibility index (Phi) is 19.2. The molecule has 0 atom stereocenters. The van der Waals surface area contributed by atoms with Crippen LogP contribution in [0.2, 0.25) is 0 Å². The zero-order valence-electron chi connectivity index (χ0n) is 33.2. The van der Waals surface area contributed by atoms with Gasteiger partial charge in [-0.1, -0.05) is 101 Å². The minimum absolute atomic E-state index is 0.0651. The summed E-state index contributed by atoms with van der Waals surface area (Å²) in [4.78, 5) is 21.7. The second-order valence-corrected chi connectivity index (χ2v) is 15.3. The SMILES string of the molecule is O=C1C=C(O)CCCCCCCCCc2ccnc(c2)-c2cccc(c2)CCOCCOCCc2cccc(c2)-c2cc(ccn2)CCCCCCCCC1. The fourth-order valence-electron chi connectivity index (χ4n) is 7.41. The molecule has 6 nitrogen and oxygen atoms in total. The third kappa shape index (κ3) is 16.6. The summed E-state index contributed by atoms with van der Waals surface area (Å²) in [6.07, 6.45) is 26.4. The number of ether oxygens (including phenoxy) is 2. The summed E-state index contributed by atoms with van der Waals surface area (Å²) in [5.41, 5.74) is 9.52. The largest absolute Gasteiger partial charge is 0.512 e. The number of aryl methyl sites for hydroxylation is 2. The molecule has 0 fully saturated rings. The summed E-state index contributed by atoms with van der Waals surface area (Å²) in [6.45, 7) is 2.50. The van der Waals surface area contributed by atoms with Gasteiger partial charge in [0.05, 0.1) is 43.6 Å². The Morgan fingerprint density at radius 3 is 1.35 bits per heavy atom. The first kappa shape index (κ1) is 42.0. The number of ketones is 1. The van der Waals surface area contributed by atoms with Gasteiger partial charge in [-0.25, -0.2) is 0 Å². The Hall–Kier alpha value is -4.13. The maximum Gasteiger partial charge on any atom is 0.159 e. The van der Waals surface area contributed by atoms with Crippen molar-refractivity contribution in [3.05, 3.63) is 119 Å². The summed E-state index contributed by atoms with van der Waals surface area (Å²) >= 11 is 0. The first-order chi connectivity index (χ1) is 27.1. The van der Waals surface area contributed by atoms with Gasteiger partial charge in [0.2, 0.25) is 0 Å². The van der Waals surface area contributed by atoms with Crippen molar-refractivity contribution >= 4 is 5.78 Å². The van der Waals surface area contributed by atoms with Crippen LogP contribution in [0.1, 0.15) is 125 Å². The van der Waals surface area contributed by atoms with E-state index < -0.39 is 0 Å². The van der Waals surface area contributed by atoms with Gasteiger partial charge in [0.25, 0.3) is 0 Å². The highest BCUT2D eigenvalue weighted by Crippen LogP contribution is 2.23. The highest BCUT2D eigenvalue weighted by atomic mass is 16.5. The molecule has 2 aromatic heterocycles. The van der Waals surface area contributed by atoms with Crippen LogP contribution in [0.5, 0.6) is 0 Å². The quantitative estimate of drug-likeness (QED) is 0.193. The molecule has 6 heteroatoms. The van der Waals surface area contributed by atoms with Crippen LogP contribution in [-0.2, 0) is 40.0 Å². The van der Waals surface area contributed by atoms with E-state index in [2.05, 4.69) is 82.8 Å². The lowest BCUT2D eigenvalue weighted by Gasteiger charge is -2.09. The van der Waals surface area contributed by atoms with E-state index in [0.717, 1.165) is 80.3 Å². The second-order valence-electron chi connectivity index (χ2n) is 15.3. The number of benzene rings is 2. The first-order valence-corrected chi connectivity index (χ1v) is 21.3. The van der Waals surface area contributed by atoms with Crippen LogP contribution in [0.3, 0.4) is 0 Å². The molecule has 0 radical (unpaired) electrons. The Labute approximate surface area is 330 Å². The molecule has 8 bridgehead atoms. The Balaban J connectivity index is 1.10. The third-order valence-electron chi connectivity index (χ3n) is 10.7. The highest BCUT2D eigenvalue weighted by Gasteiger charge is 2.07.